The Labute approximate surface area is 166 Å². The Kier molecular flexibility index (Phi) is 5.31. The fourth-order valence-electron chi connectivity index (χ4n) is 3.21. The number of aryl methyl sites for hydroxylation is 2. The van der Waals surface area contributed by atoms with Crippen LogP contribution in [0, 0.1) is 25.5 Å². The van der Waals surface area contributed by atoms with Crippen LogP contribution in [0.2, 0.25) is 0 Å². The van der Waals surface area contributed by atoms with Crippen molar-refractivity contribution >= 4 is 39.0 Å². The van der Waals surface area contributed by atoms with E-state index in [1.165, 1.54) is 6.07 Å². The Morgan fingerprint density at radius 1 is 1.41 bits per heavy atom. The summed E-state index contributed by atoms with van der Waals surface area (Å²) in [4.78, 5) is 15.6. The summed E-state index contributed by atoms with van der Waals surface area (Å²) >= 11 is 4.17. The van der Waals surface area contributed by atoms with E-state index in [2.05, 4.69) is 31.4 Å². The van der Waals surface area contributed by atoms with Gasteiger partial charge in [0.25, 0.3) is 0 Å². The summed E-state index contributed by atoms with van der Waals surface area (Å²) in [5.74, 6) is -0.855. The van der Waals surface area contributed by atoms with Crippen molar-refractivity contribution in [2.45, 2.75) is 38.0 Å². The third-order valence-electron chi connectivity index (χ3n) is 4.39. The maximum atomic E-state index is 14.6. The molecule has 0 bridgehead atoms. The van der Waals surface area contributed by atoms with E-state index in [4.69, 9.17) is 9.63 Å². The molecule has 2 N–H and O–H groups in total. The molecule has 0 radical (unpaired) electrons. The minimum Gasteiger partial charge on any atom is -0.465 e. The molecule has 0 saturated carbocycles. The van der Waals surface area contributed by atoms with Gasteiger partial charge in [-0.3, -0.25) is 10.3 Å². The average molecular weight is 460 g/mol. The van der Waals surface area contributed by atoms with Crippen molar-refractivity contribution in [3.8, 4) is 0 Å². The number of halogens is 3. The molecular weight excluding hydrogens is 444 g/mol. The number of hydrogen-bond acceptors (Lipinski definition) is 5. The van der Waals surface area contributed by atoms with Gasteiger partial charge in [0.1, 0.15) is 17.4 Å². The van der Waals surface area contributed by atoms with E-state index in [9.17, 15) is 13.6 Å². The Bertz CT molecular complexity index is 930. The standard InChI is InChI=1S/C17H16BrF2N3O3S/c1-7-14(8(2)26-23-7)13-6-17(3,27-15(21-13)22-16(24)25)9-4-10(18)12(20)5-11(9)19/h4-5,13H,6H2,1-3H3,(H,21,22)(H,24,25)/t13-,17-/m0/s1. The van der Waals surface area contributed by atoms with Crippen LogP contribution in [-0.2, 0) is 4.75 Å². The fraction of sp³-hybridized carbons (Fsp3) is 0.353. The zero-order valence-electron chi connectivity index (χ0n) is 14.6. The molecule has 2 aromatic rings. The first-order chi connectivity index (χ1) is 12.6. The number of nitrogens with one attached hydrogen (secondary N) is 1. The van der Waals surface area contributed by atoms with Crippen molar-refractivity contribution in [1.82, 2.24) is 10.5 Å². The van der Waals surface area contributed by atoms with Crippen molar-refractivity contribution in [3.63, 3.8) is 0 Å². The second-order valence-electron chi connectivity index (χ2n) is 6.40. The predicted molar refractivity (Wildman–Crippen MR) is 101 cm³/mol. The summed E-state index contributed by atoms with van der Waals surface area (Å²) in [5.41, 5.74) is 1.61. The Balaban J connectivity index is 2.11. The second-order valence-corrected chi connectivity index (χ2v) is 8.75. The number of aliphatic imine (C=N–C) groups is 1. The number of aromatic nitrogens is 1. The van der Waals surface area contributed by atoms with Crippen LogP contribution in [0.5, 0.6) is 0 Å². The second kappa shape index (κ2) is 7.23. The summed E-state index contributed by atoms with van der Waals surface area (Å²) in [6.45, 7) is 5.27. The smallest absolute Gasteiger partial charge is 0.410 e. The van der Waals surface area contributed by atoms with Crippen LogP contribution in [0.3, 0.4) is 0 Å². The van der Waals surface area contributed by atoms with Gasteiger partial charge in [-0.05, 0) is 49.2 Å². The number of amides is 1. The molecule has 2 atom stereocenters. The van der Waals surface area contributed by atoms with Gasteiger partial charge < -0.3 is 9.63 Å². The molecule has 0 aliphatic carbocycles. The third kappa shape index (κ3) is 3.86. The van der Waals surface area contributed by atoms with Crippen molar-refractivity contribution in [1.29, 1.82) is 0 Å². The highest BCUT2D eigenvalue weighted by atomic mass is 79.9. The highest BCUT2D eigenvalue weighted by Gasteiger charge is 2.41. The number of thioether (sulfide) groups is 1. The van der Waals surface area contributed by atoms with E-state index in [0.29, 0.717) is 17.9 Å². The Morgan fingerprint density at radius 3 is 2.70 bits per heavy atom. The van der Waals surface area contributed by atoms with Crippen LogP contribution < -0.4 is 5.32 Å². The van der Waals surface area contributed by atoms with Crippen LogP contribution in [0.15, 0.2) is 26.1 Å². The molecule has 27 heavy (non-hydrogen) atoms. The zero-order chi connectivity index (χ0) is 19.9. The van der Waals surface area contributed by atoms with Crippen LogP contribution >= 0.6 is 27.7 Å². The van der Waals surface area contributed by atoms with Crippen LogP contribution in [0.25, 0.3) is 0 Å². The van der Waals surface area contributed by atoms with Crippen LogP contribution in [-0.4, -0.2) is 21.5 Å². The van der Waals surface area contributed by atoms with Crippen molar-refractivity contribution in [2.24, 2.45) is 4.99 Å². The van der Waals surface area contributed by atoms with Gasteiger partial charge in [-0.25, -0.2) is 13.6 Å². The number of nitrogens with zero attached hydrogens (tertiary/aromatic N) is 2. The van der Waals surface area contributed by atoms with E-state index in [1.54, 1.807) is 20.8 Å². The molecule has 0 saturated heterocycles. The van der Waals surface area contributed by atoms with Gasteiger partial charge in [0.2, 0.25) is 0 Å². The number of carbonyl (C=O) groups is 1. The quantitative estimate of drug-likeness (QED) is 0.613. The normalized spacial score (nSPS) is 22.4. The number of carboxylic acid groups (broad SMARTS) is 1. The first-order valence-electron chi connectivity index (χ1n) is 7.95. The molecule has 144 valence electrons. The van der Waals surface area contributed by atoms with Crippen LogP contribution in [0.1, 0.15) is 42.0 Å². The molecule has 0 unspecified atom stereocenters. The molecule has 1 amide bonds. The molecular formula is C17H16BrF2N3O3S. The van der Waals surface area contributed by atoms with Gasteiger partial charge in [0.05, 0.1) is 21.0 Å². The number of rotatable bonds is 2. The maximum absolute atomic E-state index is 14.6. The molecule has 1 aromatic carbocycles. The minimum absolute atomic E-state index is 0.126. The number of hydrogen-bond donors (Lipinski definition) is 2. The lowest BCUT2D eigenvalue weighted by atomic mass is 9.88. The van der Waals surface area contributed by atoms with E-state index in [0.717, 1.165) is 23.4 Å². The topological polar surface area (TPSA) is 87.7 Å². The zero-order valence-corrected chi connectivity index (χ0v) is 17.0. The van der Waals surface area contributed by atoms with Gasteiger partial charge in [0.15, 0.2) is 5.17 Å². The summed E-state index contributed by atoms with van der Waals surface area (Å²) in [6, 6.07) is 1.70. The van der Waals surface area contributed by atoms with Crippen molar-refractivity contribution in [2.75, 3.05) is 0 Å². The molecule has 2 heterocycles. The van der Waals surface area contributed by atoms with Gasteiger partial charge in [-0.1, -0.05) is 16.9 Å². The highest BCUT2D eigenvalue weighted by Crippen LogP contribution is 2.50. The first-order valence-corrected chi connectivity index (χ1v) is 9.56. The fourth-order valence-corrected chi connectivity index (χ4v) is 4.81. The van der Waals surface area contributed by atoms with E-state index in [1.807, 2.05) is 0 Å². The first kappa shape index (κ1) is 19.8. The van der Waals surface area contributed by atoms with Gasteiger partial charge >= 0.3 is 6.09 Å². The summed E-state index contributed by atoms with van der Waals surface area (Å²) in [7, 11) is 0. The lowest BCUT2D eigenvalue weighted by molar-refractivity contribution is 0.200. The van der Waals surface area contributed by atoms with Gasteiger partial charge in [-0.15, -0.1) is 0 Å². The molecule has 1 aliphatic heterocycles. The summed E-state index contributed by atoms with van der Waals surface area (Å²) < 4.78 is 32.7. The average Bonchev–Trinajstić information content (AvgIpc) is 2.88. The minimum atomic E-state index is -1.27. The van der Waals surface area contributed by atoms with Crippen molar-refractivity contribution in [3.05, 3.63) is 50.8 Å². The molecule has 10 heteroatoms. The van der Waals surface area contributed by atoms with Gasteiger partial charge in [0, 0.05) is 17.2 Å². The van der Waals surface area contributed by atoms with Crippen molar-refractivity contribution < 1.29 is 23.2 Å². The SMILES string of the molecule is Cc1noc(C)c1[C@@H]1C[C@@](C)(c2cc(Br)c(F)cc2F)SC(NC(=O)O)=N1. The third-order valence-corrected chi connectivity index (χ3v) is 6.24. The Hall–Kier alpha value is -1.94. The lowest BCUT2D eigenvalue weighted by Crippen LogP contribution is -2.36. The molecule has 6 nitrogen and oxygen atoms in total. The highest BCUT2D eigenvalue weighted by molar-refractivity contribution is 9.10. The largest absolute Gasteiger partial charge is 0.465 e. The predicted octanol–water partition coefficient (Wildman–Crippen LogP) is 5.05. The lowest BCUT2D eigenvalue weighted by Gasteiger charge is -2.36. The van der Waals surface area contributed by atoms with E-state index >= 15 is 0 Å². The molecule has 1 aromatic heterocycles. The summed E-state index contributed by atoms with van der Waals surface area (Å²) in [5, 5.41) is 15.4. The van der Waals surface area contributed by atoms with E-state index in [-0.39, 0.29) is 15.2 Å². The molecule has 3 rings (SSSR count). The molecule has 0 fully saturated rings. The number of amidine groups is 1. The monoisotopic (exact) mass is 459 g/mol. The van der Waals surface area contributed by atoms with E-state index < -0.39 is 28.5 Å². The summed E-state index contributed by atoms with van der Waals surface area (Å²) in [6.07, 6.45) is -0.927. The molecule has 0 spiro atoms. The molecule has 1 aliphatic rings. The van der Waals surface area contributed by atoms with Gasteiger partial charge in [-0.2, -0.15) is 0 Å². The number of benzene rings is 1. The van der Waals surface area contributed by atoms with Crippen LogP contribution in [0.4, 0.5) is 13.6 Å². The maximum Gasteiger partial charge on any atom is 0.410 e. The Morgan fingerprint density at radius 2 is 2.11 bits per heavy atom.